The predicted molar refractivity (Wildman–Crippen MR) is 73.5 cm³/mol. The number of nitrogens with one attached hydrogen (secondary N) is 2. The first-order valence-electron chi connectivity index (χ1n) is 7.43. The van der Waals surface area contributed by atoms with Crippen molar-refractivity contribution in [3.63, 3.8) is 0 Å². The standard InChI is InChI=1S/C14H27N3O/c1-11(2)14(18)16-8-7-15-12-6-10-17-9-4-3-5-13(12)17/h11-13,15H,3-10H2,1-2H3,(H,16,18). The fourth-order valence-electron chi connectivity index (χ4n) is 3.13. The predicted octanol–water partition coefficient (Wildman–Crippen LogP) is 0.975. The Kier molecular flexibility index (Phi) is 5.01. The quantitative estimate of drug-likeness (QED) is 0.718. The monoisotopic (exact) mass is 253 g/mol. The van der Waals surface area contributed by atoms with Crippen LogP contribution in [0.25, 0.3) is 0 Å². The third-order valence-corrected chi connectivity index (χ3v) is 4.21. The molecule has 18 heavy (non-hydrogen) atoms. The summed E-state index contributed by atoms with van der Waals surface area (Å²) in [7, 11) is 0. The molecule has 2 unspecified atom stereocenters. The average Bonchev–Trinajstić information content (AvgIpc) is 2.77. The van der Waals surface area contributed by atoms with Gasteiger partial charge in [0.1, 0.15) is 0 Å². The van der Waals surface area contributed by atoms with Crippen LogP contribution in [0.3, 0.4) is 0 Å². The topological polar surface area (TPSA) is 44.4 Å². The summed E-state index contributed by atoms with van der Waals surface area (Å²) < 4.78 is 0. The molecule has 2 N–H and O–H groups in total. The van der Waals surface area contributed by atoms with Gasteiger partial charge in [0.25, 0.3) is 0 Å². The van der Waals surface area contributed by atoms with E-state index in [1.165, 1.54) is 38.8 Å². The lowest BCUT2D eigenvalue weighted by Gasteiger charge is -2.32. The molecule has 2 heterocycles. The van der Waals surface area contributed by atoms with Crippen LogP contribution in [0.1, 0.15) is 39.5 Å². The first kappa shape index (κ1) is 13.8. The smallest absolute Gasteiger partial charge is 0.222 e. The maximum atomic E-state index is 11.4. The molecule has 2 atom stereocenters. The molecule has 2 aliphatic heterocycles. The van der Waals surface area contributed by atoms with Crippen molar-refractivity contribution in [2.45, 2.75) is 51.6 Å². The lowest BCUT2D eigenvalue weighted by molar-refractivity contribution is -0.123. The van der Waals surface area contributed by atoms with Gasteiger partial charge in [0.15, 0.2) is 0 Å². The highest BCUT2D eigenvalue weighted by molar-refractivity contribution is 5.77. The van der Waals surface area contributed by atoms with E-state index in [0.29, 0.717) is 6.04 Å². The van der Waals surface area contributed by atoms with Crippen molar-refractivity contribution in [3.8, 4) is 0 Å². The lowest BCUT2D eigenvalue weighted by atomic mass is 9.99. The van der Waals surface area contributed by atoms with Gasteiger partial charge in [0.2, 0.25) is 5.91 Å². The van der Waals surface area contributed by atoms with Crippen LogP contribution >= 0.6 is 0 Å². The van der Waals surface area contributed by atoms with Gasteiger partial charge < -0.3 is 10.6 Å². The minimum Gasteiger partial charge on any atom is -0.355 e. The molecule has 2 fully saturated rings. The van der Waals surface area contributed by atoms with Crippen molar-refractivity contribution in [1.82, 2.24) is 15.5 Å². The molecule has 0 spiro atoms. The zero-order valence-electron chi connectivity index (χ0n) is 11.7. The number of fused-ring (bicyclic) bond motifs is 1. The summed E-state index contributed by atoms with van der Waals surface area (Å²) in [6.07, 6.45) is 5.36. The summed E-state index contributed by atoms with van der Waals surface area (Å²) in [5, 5.41) is 6.58. The van der Waals surface area contributed by atoms with Crippen LogP contribution in [-0.2, 0) is 4.79 Å². The normalized spacial score (nSPS) is 28.4. The Morgan fingerprint density at radius 3 is 2.83 bits per heavy atom. The highest BCUT2D eigenvalue weighted by Crippen LogP contribution is 2.26. The third kappa shape index (κ3) is 3.45. The van der Waals surface area contributed by atoms with Crippen LogP contribution in [0.4, 0.5) is 0 Å². The van der Waals surface area contributed by atoms with Crippen LogP contribution in [-0.4, -0.2) is 49.1 Å². The number of nitrogens with zero attached hydrogens (tertiary/aromatic N) is 1. The molecule has 0 saturated carbocycles. The number of amides is 1. The van der Waals surface area contributed by atoms with E-state index in [2.05, 4.69) is 15.5 Å². The van der Waals surface area contributed by atoms with E-state index in [0.717, 1.165) is 19.1 Å². The fourth-order valence-corrected chi connectivity index (χ4v) is 3.13. The molecule has 4 nitrogen and oxygen atoms in total. The number of rotatable bonds is 5. The van der Waals surface area contributed by atoms with Gasteiger partial charge in [-0.05, 0) is 25.8 Å². The molecule has 0 aromatic carbocycles. The number of hydrogen-bond donors (Lipinski definition) is 2. The van der Waals surface area contributed by atoms with Gasteiger partial charge >= 0.3 is 0 Å². The van der Waals surface area contributed by atoms with Gasteiger partial charge in [-0.15, -0.1) is 0 Å². The maximum Gasteiger partial charge on any atom is 0.222 e. The Hall–Kier alpha value is -0.610. The van der Waals surface area contributed by atoms with Crippen LogP contribution in [0, 0.1) is 5.92 Å². The van der Waals surface area contributed by atoms with Gasteiger partial charge in [-0.1, -0.05) is 20.3 Å². The van der Waals surface area contributed by atoms with Crippen molar-refractivity contribution < 1.29 is 4.79 Å². The van der Waals surface area contributed by atoms with E-state index < -0.39 is 0 Å². The van der Waals surface area contributed by atoms with Crippen LogP contribution in [0.15, 0.2) is 0 Å². The van der Waals surface area contributed by atoms with Crippen molar-refractivity contribution in [2.75, 3.05) is 26.2 Å². The summed E-state index contributed by atoms with van der Waals surface area (Å²) in [6, 6.07) is 1.39. The Morgan fingerprint density at radius 1 is 1.22 bits per heavy atom. The second-order valence-electron chi connectivity index (χ2n) is 5.89. The summed E-state index contributed by atoms with van der Waals surface area (Å²) in [4.78, 5) is 14.1. The summed E-state index contributed by atoms with van der Waals surface area (Å²) in [5.74, 6) is 0.243. The molecule has 0 aliphatic carbocycles. The average molecular weight is 253 g/mol. The highest BCUT2D eigenvalue weighted by atomic mass is 16.1. The summed E-state index contributed by atoms with van der Waals surface area (Å²) >= 11 is 0. The van der Waals surface area contributed by atoms with Crippen LogP contribution in [0.2, 0.25) is 0 Å². The molecule has 2 aliphatic rings. The van der Waals surface area contributed by atoms with E-state index in [-0.39, 0.29) is 11.8 Å². The molecule has 0 radical (unpaired) electrons. The molecule has 2 rings (SSSR count). The van der Waals surface area contributed by atoms with E-state index in [1.54, 1.807) is 0 Å². The Bertz CT molecular complexity index is 280. The SMILES string of the molecule is CC(C)C(=O)NCCNC1CCN2CCCCC12. The molecule has 2 saturated heterocycles. The fraction of sp³-hybridized carbons (Fsp3) is 0.929. The van der Waals surface area contributed by atoms with Crippen molar-refractivity contribution >= 4 is 5.91 Å². The number of carbonyl (C=O) groups is 1. The Labute approximate surface area is 110 Å². The molecule has 0 bridgehead atoms. The van der Waals surface area contributed by atoms with E-state index in [4.69, 9.17) is 0 Å². The molecular formula is C14H27N3O. The van der Waals surface area contributed by atoms with E-state index >= 15 is 0 Å². The largest absolute Gasteiger partial charge is 0.355 e. The number of piperidine rings is 1. The second kappa shape index (κ2) is 6.53. The summed E-state index contributed by atoms with van der Waals surface area (Å²) in [6.45, 7) is 8.04. The third-order valence-electron chi connectivity index (χ3n) is 4.21. The minimum atomic E-state index is 0.0883. The molecule has 4 heteroatoms. The first-order valence-corrected chi connectivity index (χ1v) is 7.43. The summed E-state index contributed by atoms with van der Waals surface area (Å²) in [5.41, 5.74) is 0. The Balaban J connectivity index is 1.63. The molecule has 1 amide bonds. The van der Waals surface area contributed by atoms with Crippen molar-refractivity contribution in [2.24, 2.45) is 5.92 Å². The van der Waals surface area contributed by atoms with Crippen molar-refractivity contribution in [1.29, 1.82) is 0 Å². The zero-order chi connectivity index (χ0) is 13.0. The van der Waals surface area contributed by atoms with E-state index in [1.807, 2.05) is 13.8 Å². The molecule has 0 aromatic rings. The maximum absolute atomic E-state index is 11.4. The molecule has 0 aromatic heterocycles. The number of hydrogen-bond acceptors (Lipinski definition) is 3. The number of carbonyl (C=O) groups excluding carboxylic acids is 1. The van der Waals surface area contributed by atoms with Gasteiger partial charge in [-0.25, -0.2) is 0 Å². The van der Waals surface area contributed by atoms with Gasteiger partial charge in [-0.2, -0.15) is 0 Å². The second-order valence-corrected chi connectivity index (χ2v) is 5.89. The lowest BCUT2D eigenvalue weighted by Crippen LogP contribution is -2.46. The van der Waals surface area contributed by atoms with Gasteiger partial charge in [0.05, 0.1) is 0 Å². The zero-order valence-corrected chi connectivity index (χ0v) is 11.7. The molecule has 104 valence electrons. The minimum absolute atomic E-state index is 0.0883. The Morgan fingerprint density at radius 2 is 2.06 bits per heavy atom. The van der Waals surface area contributed by atoms with E-state index in [9.17, 15) is 4.79 Å². The molecular weight excluding hydrogens is 226 g/mol. The van der Waals surface area contributed by atoms with Crippen molar-refractivity contribution in [3.05, 3.63) is 0 Å². The first-order chi connectivity index (χ1) is 8.68. The van der Waals surface area contributed by atoms with Crippen LogP contribution in [0.5, 0.6) is 0 Å². The van der Waals surface area contributed by atoms with Gasteiger partial charge in [0, 0.05) is 37.6 Å². The highest BCUT2D eigenvalue weighted by Gasteiger charge is 2.34. The van der Waals surface area contributed by atoms with Crippen LogP contribution < -0.4 is 10.6 Å². The van der Waals surface area contributed by atoms with Gasteiger partial charge in [-0.3, -0.25) is 9.69 Å².